The van der Waals surface area contributed by atoms with Crippen LogP contribution in [0.25, 0.3) is 0 Å². The molecule has 0 aromatic rings. The van der Waals surface area contributed by atoms with E-state index in [4.69, 9.17) is 9.73 Å². The highest BCUT2D eigenvalue weighted by molar-refractivity contribution is 5.82. The SMILES string of the molecule is CCNC(=NCCCC1CC1)N1CC(C)C(C(=O)OC)C1. The second-order valence-corrected chi connectivity index (χ2v) is 6.33. The lowest BCUT2D eigenvalue weighted by Crippen LogP contribution is -2.40. The molecule has 120 valence electrons. The first kappa shape index (κ1) is 16.1. The number of nitrogens with zero attached hydrogens (tertiary/aromatic N) is 2. The van der Waals surface area contributed by atoms with E-state index in [1.807, 2.05) is 0 Å². The Morgan fingerprint density at radius 1 is 1.38 bits per heavy atom. The number of ether oxygens (including phenoxy) is 1. The molecule has 2 aliphatic rings. The second kappa shape index (κ2) is 7.66. The molecule has 2 rings (SSSR count). The molecule has 1 aliphatic carbocycles. The van der Waals surface area contributed by atoms with Crippen molar-refractivity contribution < 1.29 is 9.53 Å². The van der Waals surface area contributed by atoms with E-state index in [9.17, 15) is 4.79 Å². The summed E-state index contributed by atoms with van der Waals surface area (Å²) in [6.45, 7) is 7.51. The molecule has 0 bridgehead atoms. The molecule has 21 heavy (non-hydrogen) atoms. The van der Waals surface area contributed by atoms with Crippen molar-refractivity contribution in [2.45, 2.75) is 39.5 Å². The lowest BCUT2D eigenvalue weighted by atomic mass is 9.99. The predicted octanol–water partition coefficient (Wildman–Crippen LogP) is 1.88. The number of methoxy groups -OCH3 is 1. The lowest BCUT2D eigenvalue weighted by Gasteiger charge is -2.21. The van der Waals surface area contributed by atoms with Gasteiger partial charge in [0.2, 0.25) is 0 Å². The van der Waals surface area contributed by atoms with Crippen LogP contribution in [0.1, 0.15) is 39.5 Å². The van der Waals surface area contributed by atoms with Crippen LogP contribution in [0.3, 0.4) is 0 Å². The fraction of sp³-hybridized carbons (Fsp3) is 0.875. The average Bonchev–Trinajstić information content (AvgIpc) is 3.22. The van der Waals surface area contributed by atoms with Gasteiger partial charge in [0.25, 0.3) is 0 Å². The summed E-state index contributed by atoms with van der Waals surface area (Å²) in [7, 11) is 1.47. The first-order valence-corrected chi connectivity index (χ1v) is 8.26. The average molecular weight is 295 g/mol. The molecule has 0 aromatic heterocycles. The van der Waals surface area contributed by atoms with Crippen molar-refractivity contribution in [3.8, 4) is 0 Å². The van der Waals surface area contributed by atoms with Gasteiger partial charge in [-0.05, 0) is 31.6 Å². The van der Waals surface area contributed by atoms with E-state index in [2.05, 4.69) is 24.1 Å². The summed E-state index contributed by atoms with van der Waals surface area (Å²) < 4.78 is 4.90. The van der Waals surface area contributed by atoms with Gasteiger partial charge >= 0.3 is 5.97 Å². The van der Waals surface area contributed by atoms with Gasteiger partial charge in [-0.1, -0.05) is 19.8 Å². The molecule has 1 heterocycles. The van der Waals surface area contributed by atoms with E-state index in [-0.39, 0.29) is 11.9 Å². The number of hydrogen-bond acceptors (Lipinski definition) is 3. The summed E-state index contributed by atoms with van der Waals surface area (Å²) in [6.07, 6.45) is 5.30. The molecule has 0 spiro atoms. The Balaban J connectivity index is 1.87. The van der Waals surface area contributed by atoms with Crippen molar-refractivity contribution in [3.05, 3.63) is 0 Å². The minimum absolute atomic E-state index is 0.0367. The zero-order valence-electron chi connectivity index (χ0n) is 13.6. The molecule has 2 atom stereocenters. The molecule has 0 radical (unpaired) electrons. The summed E-state index contributed by atoms with van der Waals surface area (Å²) in [5.41, 5.74) is 0. The van der Waals surface area contributed by atoms with Gasteiger partial charge in [-0.15, -0.1) is 0 Å². The Morgan fingerprint density at radius 2 is 2.14 bits per heavy atom. The number of likely N-dealkylation sites (tertiary alicyclic amines) is 1. The highest BCUT2D eigenvalue weighted by atomic mass is 16.5. The van der Waals surface area contributed by atoms with E-state index < -0.39 is 0 Å². The largest absolute Gasteiger partial charge is 0.469 e. The number of carbonyl (C=O) groups is 1. The van der Waals surface area contributed by atoms with Crippen molar-refractivity contribution in [1.82, 2.24) is 10.2 Å². The van der Waals surface area contributed by atoms with Gasteiger partial charge in [-0.3, -0.25) is 9.79 Å². The summed E-state index contributed by atoms with van der Waals surface area (Å²) in [5, 5.41) is 3.35. The maximum absolute atomic E-state index is 11.8. The molecule has 0 aromatic carbocycles. The highest BCUT2D eigenvalue weighted by Gasteiger charge is 2.36. The van der Waals surface area contributed by atoms with Gasteiger partial charge in [0.15, 0.2) is 5.96 Å². The Morgan fingerprint density at radius 3 is 2.76 bits per heavy atom. The van der Waals surface area contributed by atoms with E-state index in [0.29, 0.717) is 12.5 Å². The van der Waals surface area contributed by atoms with Crippen LogP contribution in [-0.4, -0.2) is 50.1 Å². The molecular weight excluding hydrogens is 266 g/mol. The minimum atomic E-state index is -0.102. The normalized spacial score (nSPS) is 26.0. The van der Waals surface area contributed by atoms with Crippen LogP contribution in [0.2, 0.25) is 0 Å². The van der Waals surface area contributed by atoms with Gasteiger partial charge in [-0.25, -0.2) is 0 Å². The van der Waals surface area contributed by atoms with Gasteiger partial charge in [-0.2, -0.15) is 0 Å². The first-order valence-electron chi connectivity index (χ1n) is 8.26. The van der Waals surface area contributed by atoms with Crippen molar-refractivity contribution in [3.63, 3.8) is 0 Å². The molecule has 5 heteroatoms. The maximum atomic E-state index is 11.8. The maximum Gasteiger partial charge on any atom is 0.310 e. The summed E-state index contributed by atoms with van der Waals surface area (Å²) in [6, 6.07) is 0. The number of guanidine groups is 1. The second-order valence-electron chi connectivity index (χ2n) is 6.33. The topological polar surface area (TPSA) is 53.9 Å². The summed E-state index contributed by atoms with van der Waals surface area (Å²) in [4.78, 5) is 18.7. The highest BCUT2D eigenvalue weighted by Crippen LogP contribution is 2.33. The number of nitrogens with one attached hydrogen (secondary N) is 1. The molecule has 2 unspecified atom stereocenters. The molecular formula is C16H29N3O2. The van der Waals surface area contributed by atoms with Gasteiger partial charge in [0.1, 0.15) is 0 Å². The van der Waals surface area contributed by atoms with Crippen LogP contribution in [0.5, 0.6) is 0 Å². The fourth-order valence-electron chi connectivity index (χ4n) is 3.00. The van der Waals surface area contributed by atoms with E-state index in [1.54, 1.807) is 0 Å². The van der Waals surface area contributed by atoms with Gasteiger partial charge < -0.3 is 15.0 Å². The third-order valence-corrected chi connectivity index (χ3v) is 4.48. The number of carbonyl (C=O) groups excluding carboxylic acids is 1. The molecule has 1 N–H and O–H groups in total. The quantitative estimate of drug-likeness (QED) is 0.352. The van der Waals surface area contributed by atoms with Crippen molar-refractivity contribution >= 4 is 11.9 Å². The number of esters is 1. The zero-order chi connectivity index (χ0) is 15.2. The van der Waals surface area contributed by atoms with Crippen LogP contribution >= 0.6 is 0 Å². The lowest BCUT2D eigenvalue weighted by molar-refractivity contribution is -0.145. The first-order chi connectivity index (χ1) is 10.2. The Hall–Kier alpha value is -1.26. The van der Waals surface area contributed by atoms with E-state index in [1.165, 1.54) is 32.8 Å². The van der Waals surface area contributed by atoms with Crippen LogP contribution in [0.15, 0.2) is 4.99 Å². The Labute approximate surface area is 128 Å². The number of rotatable bonds is 6. The standard InChI is InChI=1S/C16H29N3O2/c1-4-17-16(18-9-5-6-13-7-8-13)19-10-12(2)14(11-19)15(20)21-3/h12-14H,4-11H2,1-3H3,(H,17,18). The summed E-state index contributed by atoms with van der Waals surface area (Å²) >= 11 is 0. The molecule has 0 amide bonds. The monoisotopic (exact) mass is 295 g/mol. The van der Waals surface area contributed by atoms with E-state index >= 15 is 0 Å². The van der Waals surface area contributed by atoms with Gasteiger partial charge in [0, 0.05) is 26.2 Å². The number of aliphatic imine (C=N–C) groups is 1. The fourth-order valence-corrected chi connectivity index (χ4v) is 3.00. The molecule has 1 saturated carbocycles. The van der Waals surface area contributed by atoms with Crippen LogP contribution < -0.4 is 5.32 Å². The predicted molar refractivity (Wildman–Crippen MR) is 84.2 cm³/mol. The molecule has 2 fully saturated rings. The Kier molecular flexibility index (Phi) is 5.88. The van der Waals surface area contributed by atoms with Crippen LogP contribution in [0.4, 0.5) is 0 Å². The summed E-state index contributed by atoms with van der Waals surface area (Å²) in [5.74, 6) is 2.09. The third kappa shape index (κ3) is 4.61. The molecule has 1 aliphatic heterocycles. The molecule has 5 nitrogen and oxygen atoms in total. The smallest absolute Gasteiger partial charge is 0.310 e. The minimum Gasteiger partial charge on any atom is -0.469 e. The van der Waals surface area contributed by atoms with Crippen molar-refractivity contribution in [2.75, 3.05) is 33.3 Å². The Bertz CT molecular complexity index is 380. The zero-order valence-corrected chi connectivity index (χ0v) is 13.6. The third-order valence-electron chi connectivity index (χ3n) is 4.48. The van der Waals surface area contributed by atoms with Crippen LogP contribution in [0, 0.1) is 17.8 Å². The van der Waals surface area contributed by atoms with Crippen LogP contribution in [-0.2, 0) is 9.53 Å². The van der Waals surface area contributed by atoms with Gasteiger partial charge in [0.05, 0.1) is 13.0 Å². The number of hydrogen-bond donors (Lipinski definition) is 1. The van der Waals surface area contributed by atoms with Crippen molar-refractivity contribution in [1.29, 1.82) is 0 Å². The molecule has 1 saturated heterocycles. The van der Waals surface area contributed by atoms with E-state index in [0.717, 1.165) is 31.5 Å². The van der Waals surface area contributed by atoms with Crippen molar-refractivity contribution in [2.24, 2.45) is 22.7 Å².